The average molecular weight is 374 g/mol. The number of rotatable bonds is 5. The molecule has 3 rings (SSSR count). The zero-order valence-corrected chi connectivity index (χ0v) is 15.7. The molecule has 146 valence electrons. The predicted molar refractivity (Wildman–Crippen MR) is 100 cm³/mol. The van der Waals surface area contributed by atoms with Crippen molar-refractivity contribution in [1.29, 1.82) is 0 Å². The van der Waals surface area contributed by atoms with Crippen LogP contribution in [-0.2, 0) is 5.60 Å². The Labute approximate surface area is 158 Å². The minimum atomic E-state index is -1.18. The topological polar surface area (TPSA) is 94.5 Å². The summed E-state index contributed by atoms with van der Waals surface area (Å²) in [7, 11) is 0. The summed E-state index contributed by atoms with van der Waals surface area (Å²) in [6, 6.07) is 6.87. The average Bonchev–Trinajstić information content (AvgIpc) is 3.39. The van der Waals surface area contributed by atoms with E-state index in [0.29, 0.717) is 44.2 Å². The zero-order valence-electron chi connectivity index (χ0n) is 15.7. The van der Waals surface area contributed by atoms with Gasteiger partial charge in [-0.15, -0.1) is 0 Å². The first kappa shape index (κ1) is 19.0. The lowest BCUT2D eigenvalue weighted by molar-refractivity contribution is 0.0433. The van der Waals surface area contributed by atoms with Crippen LogP contribution < -0.4 is 5.32 Å². The first-order chi connectivity index (χ1) is 13.0. The number of hydrogen-bond donors (Lipinski definition) is 2. The number of amides is 1. The van der Waals surface area contributed by atoms with Crippen molar-refractivity contribution in [3.63, 3.8) is 0 Å². The van der Waals surface area contributed by atoms with Crippen molar-refractivity contribution >= 4 is 11.9 Å². The van der Waals surface area contributed by atoms with Gasteiger partial charge in [0.2, 0.25) is 0 Å². The summed E-state index contributed by atoms with van der Waals surface area (Å²) < 4.78 is 10.5. The SMILES string of the molecule is CCNC(=NCC(C)(O)c1ccco1)N1CCN(C(=O)c2ccco2)CC1. The monoisotopic (exact) mass is 374 g/mol. The molecule has 0 spiro atoms. The number of carbonyl (C=O) groups excluding carboxylic acids is 1. The molecule has 1 aliphatic heterocycles. The molecule has 3 heterocycles. The van der Waals surface area contributed by atoms with E-state index in [1.807, 2.05) is 6.92 Å². The molecule has 2 N–H and O–H groups in total. The normalized spacial score (nSPS) is 17.7. The second kappa shape index (κ2) is 8.30. The van der Waals surface area contributed by atoms with Crippen LogP contribution in [0, 0.1) is 0 Å². The highest BCUT2D eigenvalue weighted by Crippen LogP contribution is 2.21. The van der Waals surface area contributed by atoms with Crippen LogP contribution in [-0.4, -0.2) is 66.0 Å². The molecular formula is C19H26N4O4. The van der Waals surface area contributed by atoms with Crippen LogP contribution >= 0.6 is 0 Å². The highest BCUT2D eigenvalue weighted by atomic mass is 16.4. The maximum atomic E-state index is 12.4. The molecular weight excluding hydrogens is 348 g/mol. The van der Waals surface area contributed by atoms with Crippen LogP contribution in [0.4, 0.5) is 0 Å². The Balaban J connectivity index is 1.62. The summed E-state index contributed by atoms with van der Waals surface area (Å²) in [6.07, 6.45) is 3.04. The first-order valence-corrected chi connectivity index (χ1v) is 9.13. The van der Waals surface area contributed by atoms with Gasteiger partial charge in [0.15, 0.2) is 11.7 Å². The third-order valence-corrected chi connectivity index (χ3v) is 4.52. The van der Waals surface area contributed by atoms with Crippen molar-refractivity contribution in [2.24, 2.45) is 4.99 Å². The third-order valence-electron chi connectivity index (χ3n) is 4.52. The summed E-state index contributed by atoms with van der Waals surface area (Å²) in [5.41, 5.74) is -1.18. The number of aliphatic imine (C=N–C) groups is 1. The van der Waals surface area contributed by atoms with Crippen LogP contribution in [0.1, 0.15) is 30.2 Å². The van der Waals surface area contributed by atoms with Crippen LogP contribution in [0.3, 0.4) is 0 Å². The molecule has 2 aromatic rings. The van der Waals surface area contributed by atoms with Crippen LogP contribution in [0.2, 0.25) is 0 Å². The van der Waals surface area contributed by atoms with Crippen molar-refractivity contribution < 1.29 is 18.7 Å². The van der Waals surface area contributed by atoms with Gasteiger partial charge >= 0.3 is 0 Å². The fraction of sp³-hybridized carbons (Fsp3) is 0.474. The number of guanidine groups is 1. The van der Waals surface area contributed by atoms with E-state index in [0.717, 1.165) is 5.96 Å². The standard InChI is InChI=1S/C19H26N4O4/c1-3-20-18(21-14-19(2,25)16-7-5-13-27-16)23-10-8-22(9-11-23)17(24)15-6-4-12-26-15/h4-7,12-13,25H,3,8-11,14H2,1-2H3,(H,20,21). The van der Waals surface area contributed by atoms with Gasteiger partial charge in [0, 0.05) is 32.7 Å². The maximum absolute atomic E-state index is 12.4. The highest BCUT2D eigenvalue weighted by Gasteiger charge is 2.28. The molecule has 1 atom stereocenters. The molecule has 1 amide bonds. The molecule has 0 radical (unpaired) electrons. The van der Waals surface area contributed by atoms with E-state index in [-0.39, 0.29) is 12.5 Å². The largest absolute Gasteiger partial charge is 0.466 e. The van der Waals surface area contributed by atoms with Gasteiger partial charge in [-0.05, 0) is 38.1 Å². The third kappa shape index (κ3) is 4.51. The van der Waals surface area contributed by atoms with Gasteiger partial charge in [0.25, 0.3) is 5.91 Å². The summed E-state index contributed by atoms with van der Waals surface area (Å²) in [6.45, 7) is 7.04. The van der Waals surface area contributed by atoms with E-state index in [1.54, 1.807) is 36.1 Å². The van der Waals surface area contributed by atoms with Crippen molar-refractivity contribution in [3.05, 3.63) is 48.3 Å². The Morgan fingerprint density at radius 1 is 1.19 bits per heavy atom. The predicted octanol–water partition coefficient (Wildman–Crippen LogP) is 1.50. The zero-order chi connectivity index (χ0) is 19.3. The molecule has 1 aliphatic rings. The molecule has 0 bridgehead atoms. The quantitative estimate of drug-likeness (QED) is 0.608. The molecule has 1 unspecified atom stereocenters. The number of carbonyl (C=O) groups is 1. The van der Waals surface area contributed by atoms with E-state index >= 15 is 0 Å². The summed E-state index contributed by atoms with van der Waals surface area (Å²) >= 11 is 0. The van der Waals surface area contributed by atoms with Gasteiger partial charge in [-0.25, -0.2) is 4.99 Å². The molecule has 1 saturated heterocycles. The highest BCUT2D eigenvalue weighted by molar-refractivity contribution is 5.91. The fourth-order valence-electron chi connectivity index (χ4n) is 3.00. The Hall–Kier alpha value is -2.74. The Morgan fingerprint density at radius 3 is 2.44 bits per heavy atom. The number of aliphatic hydroxyl groups is 1. The number of nitrogens with zero attached hydrogens (tertiary/aromatic N) is 3. The second-order valence-electron chi connectivity index (χ2n) is 6.68. The van der Waals surface area contributed by atoms with Gasteiger partial charge in [0.1, 0.15) is 11.4 Å². The minimum Gasteiger partial charge on any atom is -0.466 e. The van der Waals surface area contributed by atoms with Crippen molar-refractivity contribution in [2.45, 2.75) is 19.4 Å². The fourth-order valence-corrected chi connectivity index (χ4v) is 3.00. The van der Waals surface area contributed by atoms with Gasteiger partial charge in [-0.3, -0.25) is 4.79 Å². The lowest BCUT2D eigenvalue weighted by Gasteiger charge is -2.36. The first-order valence-electron chi connectivity index (χ1n) is 9.13. The van der Waals surface area contributed by atoms with E-state index in [2.05, 4.69) is 15.2 Å². The Morgan fingerprint density at radius 2 is 1.85 bits per heavy atom. The van der Waals surface area contributed by atoms with E-state index < -0.39 is 5.60 Å². The Bertz CT molecular complexity index is 745. The lowest BCUT2D eigenvalue weighted by atomic mass is 10.0. The number of hydrogen-bond acceptors (Lipinski definition) is 5. The number of furan rings is 2. The summed E-state index contributed by atoms with van der Waals surface area (Å²) in [5.74, 6) is 1.46. The molecule has 8 nitrogen and oxygen atoms in total. The van der Waals surface area contributed by atoms with E-state index in [9.17, 15) is 9.90 Å². The smallest absolute Gasteiger partial charge is 0.289 e. The molecule has 0 saturated carbocycles. The molecule has 1 fully saturated rings. The van der Waals surface area contributed by atoms with E-state index in [1.165, 1.54) is 12.5 Å². The maximum Gasteiger partial charge on any atom is 0.289 e. The summed E-state index contributed by atoms with van der Waals surface area (Å²) in [5, 5.41) is 13.9. The molecule has 8 heteroatoms. The van der Waals surface area contributed by atoms with E-state index in [4.69, 9.17) is 8.83 Å². The van der Waals surface area contributed by atoms with Crippen molar-refractivity contribution in [3.8, 4) is 0 Å². The molecule has 27 heavy (non-hydrogen) atoms. The van der Waals surface area contributed by atoms with Crippen molar-refractivity contribution in [1.82, 2.24) is 15.1 Å². The van der Waals surface area contributed by atoms with Crippen LogP contribution in [0.15, 0.2) is 50.6 Å². The number of nitrogens with one attached hydrogen (secondary N) is 1. The minimum absolute atomic E-state index is 0.0951. The molecule has 2 aromatic heterocycles. The second-order valence-corrected chi connectivity index (χ2v) is 6.68. The summed E-state index contributed by atoms with van der Waals surface area (Å²) in [4.78, 5) is 20.8. The van der Waals surface area contributed by atoms with Crippen molar-refractivity contribution in [2.75, 3.05) is 39.3 Å². The number of piperazine rings is 1. The Kier molecular flexibility index (Phi) is 5.85. The lowest BCUT2D eigenvalue weighted by Crippen LogP contribution is -2.54. The molecule has 0 aliphatic carbocycles. The van der Waals surface area contributed by atoms with Crippen LogP contribution in [0.25, 0.3) is 0 Å². The van der Waals surface area contributed by atoms with Gasteiger partial charge in [0.05, 0.1) is 19.1 Å². The molecule has 0 aromatic carbocycles. The van der Waals surface area contributed by atoms with Gasteiger partial charge in [-0.1, -0.05) is 0 Å². The van der Waals surface area contributed by atoms with Crippen LogP contribution in [0.5, 0.6) is 0 Å². The van der Waals surface area contributed by atoms with Gasteiger partial charge in [-0.2, -0.15) is 0 Å². The van der Waals surface area contributed by atoms with Gasteiger partial charge < -0.3 is 29.1 Å².